The van der Waals surface area contributed by atoms with E-state index in [0.717, 1.165) is 56.7 Å². The highest BCUT2D eigenvalue weighted by Gasteiger charge is 2.47. The van der Waals surface area contributed by atoms with E-state index in [1.54, 1.807) is 0 Å². The molecular formula is C80H98N6. The van der Waals surface area contributed by atoms with Gasteiger partial charge in [-0.2, -0.15) is 0 Å². The summed E-state index contributed by atoms with van der Waals surface area (Å²) in [5.74, 6) is 2.01. The monoisotopic (exact) mass is 1140 g/mol. The van der Waals surface area contributed by atoms with Crippen molar-refractivity contribution in [2.75, 3.05) is 14.7 Å². The molecule has 6 nitrogen and oxygen atoms in total. The van der Waals surface area contributed by atoms with E-state index in [4.69, 9.17) is 15.0 Å². The quantitative estimate of drug-likeness (QED) is 0.175. The number of anilines is 9. The normalized spacial score (nSPS) is 16.2. The van der Waals surface area contributed by atoms with Gasteiger partial charge in [0, 0.05) is 21.8 Å². The van der Waals surface area contributed by atoms with Crippen LogP contribution in [0.4, 0.5) is 51.2 Å². The Kier molecular flexibility index (Phi) is 13.7. The molecule has 3 aliphatic rings. The fraction of sp³-hybridized carbons (Fsp3) is 0.438. The van der Waals surface area contributed by atoms with Crippen LogP contribution in [0, 0.1) is 13.8 Å². The number of nitrogens with zero attached hydrogens (tertiary/aromatic N) is 6. The molecule has 7 aromatic carbocycles. The third kappa shape index (κ3) is 9.97. The predicted molar refractivity (Wildman–Crippen MR) is 367 cm³/mol. The molecule has 3 aliphatic heterocycles. The first-order valence-electron chi connectivity index (χ1n) is 31.7. The Morgan fingerprint density at radius 3 is 0.686 bits per heavy atom. The van der Waals surface area contributed by atoms with Crippen molar-refractivity contribution in [3.8, 4) is 11.4 Å². The summed E-state index contributed by atoms with van der Waals surface area (Å²) in [6.07, 6.45) is 0. The van der Waals surface area contributed by atoms with E-state index in [-0.39, 0.29) is 48.7 Å². The lowest BCUT2D eigenvalue weighted by molar-refractivity contribution is 0.572. The molecule has 1 aromatic heterocycles. The number of rotatable bonds is 4. The fourth-order valence-electron chi connectivity index (χ4n) is 13.8. The van der Waals surface area contributed by atoms with Crippen molar-refractivity contribution in [2.45, 2.75) is 229 Å². The molecule has 0 saturated heterocycles. The fourth-order valence-corrected chi connectivity index (χ4v) is 13.8. The first-order chi connectivity index (χ1) is 39.5. The SMILES string of the molecule is Cc1nc(C)nc(-c2cc(N3c4ccc(C(C)(C)C)cc4C(C)(C)c4cc(C(C)(C)C)ccc43)c(N3c4ccc(C(C)(C)C)cc4C(C)(C)c4cc(C(C)(C)C)ccc43)c(N3c4ccc(C(C)(C)C)cc4C(C)(C)c4cc(C(C)(C)C)ccc43)c2)n1. The van der Waals surface area contributed by atoms with Gasteiger partial charge in [-0.1, -0.05) is 239 Å². The van der Waals surface area contributed by atoms with Gasteiger partial charge in [0.15, 0.2) is 5.82 Å². The lowest BCUT2D eigenvalue weighted by Gasteiger charge is -2.49. The average molecular weight is 1140 g/mol. The molecular weight excluding hydrogens is 1040 g/mol. The highest BCUT2D eigenvalue weighted by molar-refractivity contribution is 6.07. The maximum Gasteiger partial charge on any atom is 0.163 e. The molecule has 0 bridgehead atoms. The molecule has 86 heavy (non-hydrogen) atoms. The molecule has 0 N–H and O–H groups in total. The zero-order chi connectivity index (χ0) is 62.9. The number of benzene rings is 7. The molecule has 0 atom stereocenters. The smallest absolute Gasteiger partial charge is 0.163 e. The van der Waals surface area contributed by atoms with Crippen molar-refractivity contribution in [2.24, 2.45) is 0 Å². The summed E-state index contributed by atoms with van der Waals surface area (Å²) in [5, 5.41) is 0. The minimum absolute atomic E-state index is 0.0928. The second-order valence-electron chi connectivity index (χ2n) is 33.4. The molecule has 0 amide bonds. The summed E-state index contributed by atoms with van der Waals surface area (Å²) in [5.41, 5.74) is 24.9. The second-order valence-corrected chi connectivity index (χ2v) is 33.4. The number of hydrogen-bond donors (Lipinski definition) is 0. The summed E-state index contributed by atoms with van der Waals surface area (Å²) in [6, 6.07) is 48.9. The lowest BCUT2D eigenvalue weighted by Crippen LogP contribution is -2.36. The van der Waals surface area contributed by atoms with Crippen LogP contribution in [0.2, 0.25) is 0 Å². The van der Waals surface area contributed by atoms with Crippen LogP contribution in [-0.4, -0.2) is 15.0 Å². The van der Waals surface area contributed by atoms with Crippen molar-refractivity contribution in [1.29, 1.82) is 0 Å². The Morgan fingerprint density at radius 2 is 0.477 bits per heavy atom. The first-order valence-corrected chi connectivity index (χ1v) is 31.7. The minimum Gasteiger partial charge on any atom is -0.308 e. The van der Waals surface area contributed by atoms with Crippen molar-refractivity contribution in [3.05, 3.63) is 200 Å². The number of aromatic nitrogens is 3. The first kappa shape index (κ1) is 60.6. The van der Waals surface area contributed by atoms with E-state index in [9.17, 15) is 0 Å². The Bertz CT molecular complexity index is 3680. The van der Waals surface area contributed by atoms with Crippen LogP contribution in [0.15, 0.2) is 121 Å². The van der Waals surface area contributed by atoms with Gasteiger partial charge in [0.05, 0.1) is 51.2 Å². The largest absolute Gasteiger partial charge is 0.308 e. The Labute approximate surface area is 518 Å². The van der Waals surface area contributed by atoms with Crippen LogP contribution in [0.1, 0.15) is 245 Å². The van der Waals surface area contributed by atoms with Crippen LogP contribution < -0.4 is 14.7 Å². The van der Waals surface area contributed by atoms with E-state index in [1.807, 2.05) is 13.8 Å². The summed E-state index contributed by atoms with van der Waals surface area (Å²) >= 11 is 0. The second kappa shape index (κ2) is 19.5. The van der Waals surface area contributed by atoms with Crippen LogP contribution >= 0.6 is 0 Å². The third-order valence-electron chi connectivity index (χ3n) is 19.6. The van der Waals surface area contributed by atoms with E-state index in [0.29, 0.717) is 17.5 Å². The van der Waals surface area contributed by atoms with Crippen molar-refractivity contribution < 1.29 is 0 Å². The summed E-state index contributed by atoms with van der Waals surface area (Å²) < 4.78 is 0. The maximum absolute atomic E-state index is 5.28. The molecule has 11 rings (SSSR count). The van der Waals surface area contributed by atoms with E-state index < -0.39 is 0 Å². The van der Waals surface area contributed by atoms with E-state index >= 15 is 0 Å². The van der Waals surface area contributed by atoms with Gasteiger partial charge < -0.3 is 14.7 Å². The van der Waals surface area contributed by atoms with Gasteiger partial charge >= 0.3 is 0 Å². The van der Waals surface area contributed by atoms with Crippen LogP contribution in [-0.2, 0) is 48.7 Å². The molecule has 4 heterocycles. The van der Waals surface area contributed by atoms with Crippen LogP contribution in [0.5, 0.6) is 0 Å². The molecule has 0 unspecified atom stereocenters. The molecule has 0 aliphatic carbocycles. The van der Waals surface area contributed by atoms with Gasteiger partial charge in [-0.05, 0) is 162 Å². The van der Waals surface area contributed by atoms with Crippen molar-refractivity contribution in [1.82, 2.24) is 15.0 Å². The highest BCUT2D eigenvalue weighted by Crippen LogP contribution is 2.64. The van der Waals surface area contributed by atoms with Gasteiger partial charge in [-0.15, -0.1) is 0 Å². The van der Waals surface area contributed by atoms with E-state index in [2.05, 4.69) is 302 Å². The third-order valence-corrected chi connectivity index (χ3v) is 19.6. The van der Waals surface area contributed by atoms with E-state index in [1.165, 1.54) is 66.8 Å². The molecule has 0 radical (unpaired) electrons. The number of hydrogen-bond acceptors (Lipinski definition) is 6. The summed E-state index contributed by atoms with van der Waals surface area (Å²) in [6.45, 7) is 60.8. The summed E-state index contributed by atoms with van der Waals surface area (Å²) in [4.78, 5) is 23.3. The van der Waals surface area contributed by atoms with Gasteiger partial charge in [-0.3, -0.25) is 0 Å². The van der Waals surface area contributed by atoms with Gasteiger partial charge in [0.25, 0.3) is 0 Å². The number of aryl methyl sites for hydroxylation is 2. The highest BCUT2D eigenvalue weighted by atomic mass is 15.3. The molecule has 0 spiro atoms. The molecule has 8 aromatic rings. The zero-order valence-electron chi connectivity index (χ0n) is 57.2. The topological polar surface area (TPSA) is 48.4 Å². The van der Waals surface area contributed by atoms with Gasteiger partial charge in [0.2, 0.25) is 0 Å². The molecule has 6 heteroatoms. The lowest BCUT2D eigenvalue weighted by atomic mass is 9.69. The van der Waals surface area contributed by atoms with Crippen LogP contribution in [0.3, 0.4) is 0 Å². The van der Waals surface area contributed by atoms with Crippen molar-refractivity contribution in [3.63, 3.8) is 0 Å². The molecule has 0 saturated carbocycles. The number of fused-ring (bicyclic) bond motifs is 6. The predicted octanol–water partition coefficient (Wildman–Crippen LogP) is 22.3. The van der Waals surface area contributed by atoms with Crippen molar-refractivity contribution >= 4 is 51.2 Å². The van der Waals surface area contributed by atoms with Gasteiger partial charge in [0.1, 0.15) is 11.6 Å². The van der Waals surface area contributed by atoms with Crippen LogP contribution in [0.25, 0.3) is 11.4 Å². The zero-order valence-corrected chi connectivity index (χ0v) is 57.2. The standard InChI is InChI=1S/C80H98N6/c1-47-81-48(2)83-71(82-47)49-39-68(84-62-33-27-50(72(3,4)5)41-56(62)78(21,22)57-42-51(73(6,7)8)28-34-63(57)84)70(86-66-37-31-54(76(15,16)17)45-60(66)80(25,26)61-46-55(77(18,19)20)32-38-67(61)86)69(40-49)85-64-35-29-52(74(9,10)11)43-58(64)79(23,24)59-44-53(75(12,13)14)30-36-65(59)85/h27-46H,1-26H3. The Hall–Kier alpha value is -7.05. The Balaban J connectivity index is 1.42. The summed E-state index contributed by atoms with van der Waals surface area (Å²) in [7, 11) is 0. The molecule has 448 valence electrons. The van der Waals surface area contributed by atoms with Gasteiger partial charge in [-0.25, -0.2) is 15.0 Å². The molecule has 0 fully saturated rings. The minimum atomic E-state index is -0.383. The maximum atomic E-state index is 5.28. The Morgan fingerprint density at radius 1 is 0.267 bits per heavy atom. The average Bonchev–Trinajstić information content (AvgIpc) is 0.709.